The van der Waals surface area contributed by atoms with Crippen molar-refractivity contribution in [2.45, 2.75) is 25.3 Å². The van der Waals surface area contributed by atoms with Gasteiger partial charge >= 0.3 is 0 Å². The second-order valence-electron chi connectivity index (χ2n) is 3.88. The summed E-state index contributed by atoms with van der Waals surface area (Å²) in [5, 5.41) is 9.48. The number of benzene rings is 1. The van der Waals surface area contributed by atoms with Gasteiger partial charge in [-0.25, -0.2) is 4.98 Å². The highest BCUT2D eigenvalue weighted by Gasteiger charge is 2.09. The monoisotopic (exact) mass is 272 g/mol. The Hall–Kier alpha value is -0.770. The molecule has 0 aliphatic rings. The van der Waals surface area contributed by atoms with Crippen LogP contribution < -0.4 is 0 Å². The lowest BCUT2D eigenvalue weighted by Crippen LogP contribution is -2.03. The molecule has 0 amide bonds. The average molecular weight is 273 g/mol. The Morgan fingerprint density at radius 2 is 2.12 bits per heavy atom. The number of halogens is 2. The van der Waals surface area contributed by atoms with Crippen molar-refractivity contribution in [3.05, 3.63) is 29.0 Å². The first kappa shape index (κ1) is 12.7. The van der Waals surface area contributed by atoms with E-state index in [2.05, 4.69) is 9.55 Å². The van der Waals surface area contributed by atoms with Crippen LogP contribution in [0.4, 0.5) is 0 Å². The molecular weight excluding hydrogens is 259 g/mol. The van der Waals surface area contributed by atoms with Crippen molar-refractivity contribution in [1.82, 2.24) is 9.55 Å². The van der Waals surface area contributed by atoms with Crippen LogP contribution >= 0.6 is 23.2 Å². The molecule has 0 fully saturated rings. The average Bonchev–Trinajstić information content (AvgIpc) is 2.67. The summed E-state index contributed by atoms with van der Waals surface area (Å²) < 4.78 is 2.09. The Morgan fingerprint density at radius 1 is 1.29 bits per heavy atom. The minimum absolute atomic E-state index is 0.217. The number of aliphatic hydroxyl groups is 1. The number of fused-ring (bicyclic) bond motifs is 1. The van der Waals surface area contributed by atoms with Crippen LogP contribution in [0.5, 0.6) is 0 Å². The van der Waals surface area contributed by atoms with E-state index in [0.717, 1.165) is 36.2 Å². The molecule has 1 aromatic heterocycles. The van der Waals surface area contributed by atoms with Gasteiger partial charge < -0.3 is 9.67 Å². The largest absolute Gasteiger partial charge is 0.396 e. The number of aliphatic hydroxyl groups excluding tert-OH is 1. The van der Waals surface area contributed by atoms with Crippen molar-refractivity contribution >= 4 is 34.2 Å². The van der Waals surface area contributed by atoms with Crippen molar-refractivity contribution < 1.29 is 5.11 Å². The standard InChI is InChI=1S/C12H14Cl2N2O/c13-8-12-15-10-7-9(14)3-4-11(10)16(12)5-1-2-6-17/h3-4,7,17H,1-2,5-6,8H2. The Balaban J connectivity index is 2.36. The van der Waals surface area contributed by atoms with Crippen LogP contribution in [0.15, 0.2) is 18.2 Å². The summed E-state index contributed by atoms with van der Waals surface area (Å²) in [6.45, 7) is 1.04. The molecule has 1 heterocycles. The number of hydrogen-bond acceptors (Lipinski definition) is 2. The summed E-state index contributed by atoms with van der Waals surface area (Å²) in [7, 11) is 0. The van der Waals surface area contributed by atoms with Gasteiger partial charge in [-0.2, -0.15) is 0 Å². The lowest BCUT2D eigenvalue weighted by molar-refractivity contribution is 0.281. The number of rotatable bonds is 5. The van der Waals surface area contributed by atoms with E-state index in [1.807, 2.05) is 18.2 Å². The summed E-state index contributed by atoms with van der Waals surface area (Å²) in [6.07, 6.45) is 1.70. The third-order valence-electron chi connectivity index (χ3n) is 2.70. The molecule has 0 bridgehead atoms. The molecule has 0 aliphatic carbocycles. The number of alkyl halides is 1. The van der Waals surface area contributed by atoms with Gasteiger partial charge in [0, 0.05) is 18.2 Å². The smallest absolute Gasteiger partial charge is 0.124 e. The fraction of sp³-hybridized carbons (Fsp3) is 0.417. The maximum absolute atomic E-state index is 8.80. The number of nitrogens with zero attached hydrogens (tertiary/aromatic N) is 2. The molecule has 0 spiro atoms. The van der Waals surface area contributed by atoms with Gasteiger partial charge in [0.25, 0.3) is 0 Å². The second kappa shape index (κ2) is 5.71. The summed E-state index contributed by atoms with van der Waals surface area (Å²) in [4.78, 5) is 4.45. The molecular formula is C12H14Cl2N2O. The van der Waals surface area contributed by atoms with E-state index in [-0.39, 0.29) is 6.61 Å². The molecule has 0 radical (unpaired) electrons. The van der Waals surface area contributed by atoms with Crippen molar-refractivity contribution in [2.75, 3.05) is 6.61 Å². The fourth-order valence-corrected chi connectivity index (χ4v) is 2.26. The molecule has 3 nitrogen and oxygen atoms in total. The maximum Gasteiger partial charge on any atom is 0.124 e. The van der Waals surface area contributed by atoms with Crippen LogP contribution in [0.1, 0.15) is 18.7 Å². The van der Waals surface area contributed by atoms with Gasteiger partial charge in [0.15, 0.2) is 0 Å². The van der Waals surface area contributed by atoms with Crippen LogP contribution in [0.25, 0.3) is 11.0 Å². The van der Waals surface area contributed by atoms with E-state index in [4.69, 9.17) is 28.3 Å². The minimum atomic E-state index is 0.217. The van der Waals surface area contributed by atoms with Crippen molar-refractivity contribution in [1.29, 1.82) is 0 Å². The number of aryl methyl sites for hydroxylation is 1. The van der Waals surface area contributed by atoms with E-state index in [9.17, 15) is 0 Å². The van der Waals surface area contributed by atoms with Gasteiger partial charge in [-0.1, -0.05) is 11.6 Å². The number of imidazole rings is 1. The Labute approximate surface area is 110 Å². The Morgan fingerprint density at radius 3 is 2.82 bits per heavy atom. The molecule has 2 rings (SSSR count). The Bertz CT molecular complexity index is 510. The molecule has 1 N–H and O–H groups in total. The quantitative estimate of drug-likeness (QED) is 0.671. The number of hydrogen-bond donors (Lipinski definition) is 1. The predicted molar refractivity (Wildman–Crippen MR) is 70.6 cm³/mol. The first-order valence-corrected chi connectivity index (χ1v) is 6.49. The molecule has 0 aliphatic heterocycles. The van der Waals surface area contributed by atoms with E-state index in [0.29, 0.717) is 10.9 Å². The van der Waals surface area contributed by atoms with E-state index < -0.39 is 0 Å². The van der Waals surface area contributed by atoms with Crippen LogP contribution in [0, 0.1) is 0 Å². The van der Waals surface area contributed by atoms with Crippen molar-refractivity contribution in [3.8, 4) is 0 Å². The van der Waals surface area contributed by atoms with E-state index in [1.165, 1.54) is 0 Å². The molecule has 0 saturated heterocycles. The van der Waals surface area contributed by atoms with E-state index >= 15 is 0 Å². The lowest BCUT2D eigenvalue weighted by Gasteiger charge is -2.06. The molecule has 92 valence electrons. The topological polar surface area (TPSA) is 38.0 Å². The summed E-state index contributed by atoms with van der Waals surface area (Å²) >= 11 is 11.8. The van der Waals surface area contributed by atoms with E-state index in [1.54, 1.807) is 0 Å². The molecule has 17 heavy (non-hydrogen) atoms. The zero-order valence-corrected chi connectivity index (χ0v) is 10.9. The Kier molecular flexibility index (Phi) is 4.26. The van der Waals surface area contributed by atoms with Gasteiger partial charge in [0.05, 0.1) is 16.9 Å². The highest BCUT2D eigenvalue weighted by atomic mass is 35.5. The SMILES string of the molecule is OCCCCn1c(CCl)nc2cc(Cl)ccc21. The molecule has 0 atom stereocenters. The summed E-state index contributed by atoms with van der Waals surface area (Å²) in [6, 6.07) is 5.65. The molecule has 1 aromatic carbocycles. The fourth-order valence-electron chi connectivity index (χ4n) is 1.89. The summed E-state index contributed by atoms with van der Waals surface area (Å²) in [5.74, 6) is 1.23. The van der Waals surface area contributed by atoms with Gasteiger partial charge in [-0.05, 0) is 31.0 Å². The summed E-state index contributed by atoms with van der Waals surface area (Å²) in [5.41, 5.74) is 1.92. The van der Waals surface area contributed by atoms with Gasteiger partial charge in [0.1, 0.15) is 5.82 Å². The molecule has 2 aromatic rings. The zero-order valence-electron chi connectivity index (χ0n) is 9.37. The van der Waals surface area contributed by atoms with Crippen LogP contribution in [-0.2, 0) is 12.4 Å². The van der Waals surface area contributed by atoms with Crippen LogP contribution in [0.2, 0.25) is 5.02 Å². The van der Waals surface area contributed by atoms with Crippen molar-refractivity contribution in [3.63, 3.8) is 0 Å². The highest BCUT2D eigenvalue weighted by molar-refractivity contribution is 6.31. The zero-order chi connectivity index (χ0) is 12.3. The molecule has 0 saturated carbocycles. The normalized spacial score (nSPS) is 11.2. The van der Waals surface area contributed by atoms with Gasteiger partial charge in [0.2, 0.25) is 0 Å². The maximum atomic E-state index is 8.80. The minimum Gasteiger partial charge on any atom is -0.396 e. The third kappa shape index (κ3) is 2.73. The molecule has 0 unspecified atom stereocenters. The number of aromatic nitrogens is 2. The second-order valence-corrected chi connectivity index (χ2v) is 4.58. The number of unbranched alkanes of at least 4 members (excludes halogenated alkanes) is 1. The molecule has 5 heteroatoms. The predicted octanol–water partition coefficient (Wildman–Crippen LogP) is 3.20. The first-order valence-electron chi connectivity index (χ1n) is 5.57. The highest BCUT2D eigenvalue weighted by Crippen LogP contribution is 2.22. The first-order chi connectivity index (χ1) is 8.26. The van der Waals surface area contributed by atoms with Crippen LogP contribution in [-0.4, -0.2) is 21.3 Å². The lowest BCUT2D eigenvalue weighted by atomic mass is 10.3. The van der Waals surface area contributed by atoms with Crippen molar-refractivity contribution in [2.24, 2.45) is 0 Å². The van der Waals surface area contributed by atoms with Crippen LogP contribution in [0.3, 0.4) is 0 Å². The third-order valence-corrected chi connectivity index (χ3v) is 3.17. The van der Waals surface area contributed by atoms with Gasteiger partial charge in [-0.15, -0.1) is 11.6 Å². The van der Waals surface area contributed by atoms with Gasteiger partial charge in [-0.3, -0.25) is 0 Å².